The Morgan fingerprint density at radius 2 is 1.91 bits per heavy atom. The molecule has 1 fully saturated rings. The number of para-hydroxylation sites is 2. The second kappa shape index (κ2) is 8.91. The van der Waals surface area contributed by atoms with Crippen LogP contribution in [-0.4, -0.2) is 39.9 Å². The predicted octanol–water partition coefficient (Wildman–Crippen LogP) is 2.69. The maximum atomic E-state index is 12.7. The Morgan fingerprint density at radius 3 is 2.62 bits per heavy atom. The van der Waals surface area contributed by atoms with Gasteiger partial charge in [0, 0.05) is 30.6 Å². The fraction of sp³-hybridized carbons (Fsp3) is 0.391. The van der Waals surface area contributed by atoms with Crippen LogP contribution < -0.4 is 19.7 Å². The van der Waals surface area contributed by atoms with E-state index in [4.69, 9.17) is 4.74 Å². The quantitative estimate of drug-likeness (QED) is 0.634. The molecular formula is C23H27N3O5S. The third-order valence-corrected chi connectivity index (χ3v) is 7.22. The fourth-order valence-corrected chi connectivity index (χ4v) is 5.06. The van der Waals surface area contributed by atoms with Crippen molar-refractivity contribution in [2.45, 2.75) is 43.5 Å². The van der Waals surface area contributed by atoms with E-state index in [9.17, 15) is 18.0 Å². The van der Waals surface area contributed by atoms with Gasteiger partial charge in [0.1, 0.15) is 5.75 Å². The molecule has 0 unspecified atom stereocenters. The summed E-state index contributed by atoms with van der Waals surface area (Å²) in [5.41, 5.74) is 2.17. The normalized spacial score (nSPS) is 17.7. The van der Waals surface area contributed by atoms with Gasteiger partial charge in [-0.15, -0.1) is 0 Å². The molecule has 1 atom stereocenters. The van der Waals surface area contributed by atoms with Gasteiger partial charge in [0.2, 0.25) is 21.8 Å². The molecule has 1 aliphatic heterocycles. The minimum Gasteiger partial charge on any atom is -0.495 e. The zero-order valence-electron chi connectivity index (χ0n) is 18.1. The van der Waals surface area contributed by atoms with Gasteiger partial charge in [-0.2, -0.15) is 0 Å². The summed E-state index contributed by atoms with van der Waals surface area (Å²) in [4.78, 5) is 26.7. The Labute approximate surface area is 188 Å². The summed E-state index contributed by atoms with van der Waals surface area (Å²) in [7, 11) is -2.27. The first-order valence-corrected chi connectivity index (χ1v) is 12.2. The minimum absolute atomic E-state index is 0.0164. The van der Waals surface area contributed by atoms with Gasteiger partial charge in [-0.3, -0.25) is 9.59 Å². The number of hydrogen-bond acceptors (Lipinski definition) is 5. The number of carbonyl (C=O) groups is 2. The number of methoxy groups -OCH3 is 1. The maximum Gasteiger partial charge on any atom is 0.240 e. The molecule has 2 N–H and O–H groups in total. The number of fused-ring (bicyclic) bond motifs is 1. The van der Waals surface area contributed by atoms with Crippen LogP contribution in [-0.2, 0) is 26.0 Å². The molecule has 170 valence electrons. The molecule has 2 aromatic carbocycles. The van der Waals surface area contributed by atoms with Crippen molar-refractivity contribution in [2.24, 2.45) is 5.92 Å². The summed E-state index contributed by atoms with van der Waals surface area (Å²) in [6, 6.07) is 11.9. The molecule has 0 spiro atoms. The van der Waals surface area contributed by atoms with E-state index < -0.39 is 10.0 Å². The number of amides is 2. The summed E-state index contributed by atoms with van der Waals surface area (Å²) < 4.78 is 33.2. The minimum atomic E-state index is -3.78. The molecule has 4 rings (SSSR count). The molecule has 0 bridgehead atoms. The van der Waals surface area contributed by atoms with Crippen LogP contribution in [0.25, 0.3) is 0 Å². The lowest BCUT2D eigenvalue weighted by Crippen LogP contribution is -2.36. The molecule has 1 heterocycles. The van der Waals surface area contributed by atoms with Crippen LogP contribution >= 0.6 is 0 Å². The highest BCUT2D eigenvalue weighted by atomic mass is 32.2. The van der Waals surface area contributed by atoms with Crippen molar-refractivity contribution in [2.75, 3.05) is 23.9 Å². The molecule has 2 aromatic rings. The molecule has 2 aliphatic rings. The lowest BCUT2D eigenvalue weighted by atomic mass is 10.1. The van der Waals surface area contributed by atoms with Gasteiger partial charge in [0.25, 0.3) is 0 Å². The Morgan fingerprint density at radius 1 is 1.16 bits per heavy atom. The van der Waals surface area contributed by atoms with Crippen molar-refractivity contribution in [3.8, 4) is 5.75 Å². The number of benzene rings is 2. The SMILES string of the molecule is COc1ccccc1NC(=O)CCNS(=O)(=O)c1ccc2c(c1)C[C@H](C)N2C(=O)C1CC1. The van der Waals surface area contributed by atoms with Crippen LogP contribution in [0.4, 0.5) is 11.4 Å². The highest BCUT2D eigenvalue weighted by molar-refractivity contribution is 7.89. The maximum absolute atomic E-state index is 12.7. The van der Waals surface area contributed by atoms with Gasteiger partial charge >= 0.3 is 0 Å². The number of sulfonamides is 1. The van der Waals surface area contributed by atoms with Gasteiger partial charge in [-0.05, 0) is 62.1 Å². The number of carbonyl (C=O) groups excluding carboxylic acids is 2. The van der Waals surface area contributed by atoms with E-state index in [1.165, 1.54) is 13.2 Å². The van der Waals surface area contributed by atoms with Gasteiger partial charge in [0.15, 0.2) is 0 Å². The van der Waals surface area contributed by atoms with Crippen LogP contribution in [0, 0.1) is 5.92 Å². The molecule has 2 amide bonds. The predicted molar refractivity (Wildman–Crippen MR) is 121 cm³/mol. The highest BCUT2D eigenvalue weighted by Crippen LogP contribution is 2.39. The number of rotatable bonds is 8. The Bertz CT molecular complexity index is 1140. The summed E-state index contributed by atoms with van der Waals surface area (Å²) in [5.74, 6) is 0.443. The van der Waals surface area contributed by atoms with Crippen molar-refractivity contribution in [1.29, 1.82) is 0 Å². The van der Waals surface area contributed by atoms with E-state index in [2.05, 4.69) is 10.0 Å². The third kappa shape index (κ3) is 4.63. The van der Waals surface area contributed by atoms with Crippen LogP contribution in [0.15, 0.2) is 47.4 Å². The first-order chi connectivity index (χ1) is 15.3. The summed E-state index contributed by atoms with van der Waals surface area (Å²) in [6.45, 7) is 1.94. The number of hydrogen-bond donors (Lipinski definition) is 2. The first-order valence-electron chi connectivity index (χ1n) is 10.7. The van der Waals surface area contributed by atoms with E-state index in [0.29, 0.717) is 17.9 Å². The van der Waals surface area contributed by atoms with Crippen molar-refractivity contribution < 1.29 is 22.7 Å². The molecule has 1 aliphatic carbocycles. The van der Waals surface area contributed by atoms with Crippen molar-refractivity contribution in [3.63, 3.8) is 0 Å². The monoisotopic (exact) mass is 457 g/mol. The molecule has 1 saturated carbocycles. The number of nitrogens with one attached hydrogen (secondary N) is 2. The molecular weight excluding hydrogens is 430 g/mol. The molecule has 8 nitrogen and oxygen atoms in total. The number of anilines is 2. The zero-order valence-corrected chi connectivity index (χ0v) is 18.9. The first kappa shape index (κ1) is 22.3. The Balaban J connectivity index is 1.37. The average molecular weight is 458 g/mol. The van der Waals surface area contributed by atoms with Crippen LogP contribution in [0.1, 0.15) is 31.7 Å². The second-order valence-corrected chi connectivity index (χ2v) is 9.99. The fourth-order valence-electron chi connectivity index (χ4n) is 3.98. The molecule has 32 heavy (non-hydrogen) atoms. The van der Waals surface area contributed by atoms with Crippen LogP contribution in [0.5, 0.6) is 5.75 Å². The van der Waals surface area contributed by atoms with Gasteiger partial charge in [-0.1, -0.05) is 12.1 Å². The van der Waals surface area contributed by atoms with E-state index in [1.54, 1.807) is 41.3 Å². The molecule has 0 saturated heterocycles. The Kier molecular flexibility index (Phi) is 6.21. The third-order valence-electron chi connectivity index (χ3n) is 5.77. The molecule has 9 heteroatoms. The van der Waals surface area contributed by atoms with Crippen LogP contribution in [0.3, 0.4) is 0 Å². The largest absolute Gasteiger partial charge is 0.495 e. The van der Waals surface area contributed by atoms with Gasteiger partial charge in [-0.25, -0.2) is 13.1 Å². The van der Waals surface area contributed by atoms with E-state index in [1.807, 2.05) is 6.92 Å². The number of ether oxygens (including phenoxy) is 1. The second-order valence-electron chi connectivity index (χ2n) is 8.22. The average Bonchev–Trinajstić information content (AvgIpc) is 3.55. The number of nitrogens with zero attached hydrogens (tertiary/aromatic N) is 1. The molecule has 0 radical (unpaired) electrons. The van der Waals surface area contributed by atoms with E-state index in [0.717, 1.165) is 24.1 Å². The van der Waals surface area contributed by atoms with Gasteiger partial charge in [0.05, 0.1) is 17.7 Å². The van der Waals surface area contributed by atoms with Crippen molar-refractivity contribution >= 4 is 33.2 Å². The molecule has 0 aromatic heterocycles. The topological polar surface area (TPSA) is 105 Å². The smallest absolute Gasteiger partial charge is 0.240 e. The summed E-state index contributed by atoms with van der Waals surface area (Å²) in [5, 5.41) is 2.72. The van der Waals surface area contributed by atoms with Crippen LogP contribution in [0.2, 0.25) is 0 Å². The zero-order chi connectivity index (χ0) is 22.9. The lowest BCUT2D eigenvalue weighted by Gasteiger charge is -2.22. The summed E-state index contributed by atoms with van der Waals surface area (Å²) >= 11 is 0. The van der Waals surface area contributed by atoms with Crippen molar-refractivity contribution in [1.82, 2.24) is 4.72 Å². The Hall–Kier alpha value is -2.91. The van der Waals surface area contributed by atoms with E-state index >= 15 is 0 Å². The lowest BCUT2D eigenvalue weighted by molar-refractivity contribution is -0.120. The highest BCUT2D eigenvalue weighted by Gasteiger charge is 2.39. The van der Waals surface area contributed by atoms with Crippen molar-refractivity contribution in [3.05, 3.63) is 48.0 Å². The summed E-state index contributed by atoms with van der Waals surface area (Å²) in [6.07, 6.45) is 2.46. The standard InChI is InChI=1S/C23H27N3O5S/c1-15-13-17-14-18(9-10-20(17)26(15)23(28)16-7-8-16)32(29,30)24-12-11-22(27)25-19-5-3-4-6-21(19)31-2/h3-6,9-10,14-16,24H,7-8,11-13H2,1-2H3,(H,25,27)/t15-/m0/s1. The van der Waals surface area contributed by atoms with E-state index in [-0.39, 0.29) is 41.6 Å². The van der Waals surface area contributed by atoms with Gasteiger partial charge < -0.3 is 15.0 Å².